The smallest absolute Gasteiger partial charge is 0.394 e. The van der Waals surface area contributed by atoms with Gasteiger partial charge in [-0.15, -0.1) is 0 Å². The summed E-state index contributed by atoms with van der Waals surface area (Å²) < 4.78 is 32.8. The monoisotopic (exact) mass is 559 g/mol. The second kappa shape index (κ2) is 29.4. The van der Waals surface area contributed by atoms with E-state index >= 15 is 0 Å². The number of carbonyl (C=O) groups is 1. The number of hydrogen-bond acceptors (Lipinski definition) is 11. The molecule has 0 heterocycles. The molecule has 0 rings (SSSR count). The fourth-order valence-electron chi connectivity index (χ4n) is 2.96. The molecule has 0 saturated heterocycles. The van der Waals surface area contributed by atoms with Crippen molar-refractivity contribution in [3.05, 3.63) is 12.2 Å². The molecule has 13 heteroatoms. The molecule has 0 radical (unpaired) electrons. The topological polar surface area (TPSA) is 172 Å². The van der Waals surface area contributed by atoms with Gasteiger partial charge in [-0.25, -0.2) is 14.5 Å². The summed E-state index contributed by atoms with van der Waals surface area (Å²) in [5.74, 6) is -0.893. The van der Waals surface area contributed by atoms with Crippen LogP contribution >= 0.6 is 0 Å². The van der Waals surface area contributed by atoms with Crippen molar-refractivity contribution >= 4 is 16.4 Å². The van der Waals surface area contributed by atoms with Crippen molar-refractivity contribution in [2.75, 3.05) is 39.6 Å². The standard InChI is InChI=1S/C18H34O5S.C6H15NO6/c1-2-3-4-5-6-7-8-9-10-11-12-13-14-15-16-17-18(19)23-24(20,21)22;8-1-4-11-7(12-5-2-9)13-6-3-10/h9-10H,2-8,11-17H2,1H3,(H,20,21,22);8-10H,1-6H2/b10-9-;. The van der Waals surface area contributed by atoms with Crippen LogP contribution in [0.15, 0.2) is 12.2 Å². The molecule has 0 aliphatic rings. The molecule has 0 aromatic carbocycles. The summed E-state index contributed by atoms with van der Waals surface area (Å²) in [4.78, 5) is 25.2. The second-order valence-electron chi connectivity index (χ2n) is 8.11. The number of allylic oxidation sites excluding steroid dienone is 2. The Morgan fingerprint density at radius 3 is 1.51 bits per heavy atom. The summed E-state index contributed by atoms with van der Waals surface area (Å²) in [7, 11) is -4.65. The highest BCUT2D eigenvalue weighted by Crippen LogP contribution is 2.10. The zero-order chi connectivity index (χ0) is 28.0. The lowest BCUT2D eigenvalue weighted by Crippen LogP contribution is -2.28. The lowest BCUT2D eigenvalue weighted by Gasteiger charge is -2.17. The largest absolute Gasteiger partial charge is 0.448 e. The predicted molar refractivity (Wildman–Crippen MR) is 138 cm³/mol. The number of hydrogen-bond donors (Lipinski definition) is 4. The van der Waals surface area contributed by atoms with Gasteiger partial charge in [-0.2, -0.15) is 8.42 Å². The summed E-state index contributed by atoms with van der Waals surface area (Å²) in [6.07, 6.45) is 19.6. The lowest BCUT2D eigenvalue weighted by molar-refractivity contribution is -0.527. The van der Waals surface area contributed by atoms with Gasteiger partial charge in [-0.3, -0.25) is 9.35 Å². The maximum absolute atomic E-state index is 11.0. The van der Waals surface area contributed by atoms with Crippen molar-refractivity contribution in [1.29, 1.82) is 0 Å². The molecule has 0 atom stereocenters. The number of unbranched alkanes of at least 4 members (excludes halogenated alkanes) is 11. The van der Waals surface area contributed by atoms with Crippen LogP contribution in [0.3, 0.4) is 0 Å². The van der Waals surface area contributed by atoms with Crippen LogP contribution in [0.5, 0.6) is 0 Å². The molecule has 0 amide bonds. The van der Waals surface area contributed by atoms with Crippen molar-refractivity contribution in [1.82, 2.24) is 5.39 Å². The van der Waals surface area contributed by atoms with E-state index in [1.165, 1.54) is 44.9 Å². The fourth-order valence-corrected chi connectivity index (χ4v) is 3.28. The van der Waals surface area contributed by atoms with Crippen molar-refractivity contribution in [3.63, 3.8) is 0 Å². The van der Waals surface area contributed by atoms with E-state index in [-0.39, 0.29) is 46.1 Å². The summed E-state index contributed by atoms with van der Waals surface area (Å²) in [6.45, 7) is 1.73. The lowest BCUT2D eigenvalue weighted by atomic mass is 10.1. The van der Waals surface area contributed by atoms with Gasteiger partial charge >= 0.3 is 16.4 Å². The zero-order valence-corrected chi connectivity index (χ0v) is 23.1. The maximum Gasteiger partial charge on any atom is 0.448 e. The summed E-state index contributed by atoms with van der Waals surface area (Å²) >= 11 is 0. The van der Waals surface area contributed by atoms with Gasteiger partial charge in [0.2, 0.25) is 0 Å². The number of aliphatic hydroxyl groups is 3. The minimum Gasteiger partial charge on any atom is -0.394 e. The van der Waals surface area contributed by atoms with Gasteiger partial charge in [-0.05, 0) is 32.1 Å². The third-order valence-corrected chi connectivity index (χ3v) is 5.10. The zero-order valence-electron chi connectivity index (χ0n) is 22.3. The van der Waals surface area contributed by atoms with E-state index in [0.29, 0.717) is 11.8 Å². The SMILES string of the molecule is CCCCCCCC/C=C\CCCCCCCC(=O)OS(=O)(=O)O.OCCON(OCCO)OCCO. The Hall–Kier alpha value is -1.16. The van der Waals surface area contributed by atoms with Gasteiger partial charge in [0.15, 0.2) is 0 Å². The van der Waals surface area contributed by atoms with Gasteiger partial charge in [0, 0.05) is 6.42 Å². The first-order valence-corrected chi connectivity index (χ1v) is 14.5. The van der Waals surface area contributed by atoms with Crippen LogP contribution in [-0.4, -0.2) is 79.3 Å². The van der Waals surface area contributed by atoms with Crippen molar-refractivity contribution in [2.45, 2.75) is 96.8 Å². The van der Waals surface area contributed by atoms with Crippen molar-refractivity contribution < 1.29 is 51.8 Å². The van der Waals surface area contributed by atoms with E-state index in [4.69, 9.17) is 34.4 Å². The van der Waals surface area contributed by atoms with Gasteiger partial charge in [0.1, 0.15) is 0 Å². The maximum atomic E-state index is 11.0. The molecule has 12 nitrogen and oxygen atoms in total. The van der Waals surface area contributed by atoms with E-state index in [1.807, 2.05) is 0 Å². The fraction of sp³-hybridized carbons (Fsp3) is 0.875. The summed E-state index contributed by atoms with van der Waals surface area (Å²) in [5.41, 5.74) is 0. The molecule has 0 aliphatic heterocycles. The predicted octanol–water partition coefficient (Wildman–Crippen LogP) is 3.43. The molecule has 222 valence electrons. The van der Waals surface area contributed by atoms with Crippen LogP contribution in [0.2, 0.25) is 0 Å². The normalized spacial score (nSPS) is 11.6. The van der Waals surface area contributed by atoms with Crippen LogP contribution < -0.4 is 0 Å². The van der Waals surface area contributed by atoms with Gasteiger partial charge in [0.25, 0.3) is 0 Å². The number of rotatable bonds is 25. The molecular formula is C24H49NO11S. The molecule has 0 fully saturated rings. The second-order valence-corrected chi connectivity index (χ2v) is 9.13. The minimum absolute atomic E-state index is 0.0108. The molecule has 0 aromatic heterocycles. The molecule has 0 aromatic rings. The van der Waals surface area contributed by atoms with E-state index in [0.717, 1.165) is 32.1 Å². The summed E-state index contributed by atoms with van der Waals surface area (Å²) in [5, 5.41) is 25.9. The van der Waals surface area contributed by atoms with Crippen LogP contribution in [0.4, 0.5) is 0 Å². The Morgan fingerprint density at radius 1 is 0.703 bits per heavy atom. The molecular weight excluding hydrogens is 510 g/mol. The van der Waals surface area contributed by atoms with Crippen LogP contribution in [0.1, 0.15) is 96.8 Å². The average Bonchev–Trinajstić information content (AvgIpc) is 2.85. The first kappa shape index (κ1) is 38.0. The Balaban J connectivity index is 0. The molecule has 37 heavy (non-hydrogen) atoms. The van der Waals surface area contributed by atoms with E-state index < -0.39 is 16.4 Å². The van der Waals surface area contributed by atoms with E-state index in [1.54, 1.807) is 0 Å². The van der Waals surface area contributed by atoms with E-state index in [2.05, 4.69) is 23.3 Å². The third-order valence-electron chi connectivity index (χ3n) is 4.70. The average molecular weight is 560 g/mol. The molecule has 0 aliphatic carbocycles. The molecule has 0 saturated carbocycles. The Kier molecular flexibility index (Phi) is 30.2. The quantitative estimate of drug-likeness (QED) is 0.0556. The van der Waals surface area contributed by atoms with Crippen molar-refractivity contribution in [2.24, 2.45) is 0 Å². The third kappa shape index (κ3) is 34.8. The first-order chi connectivity index (χ1) is 17.8. The Labute approximate surface area is 222 Å². The molecule has 0 bridgehead atoms. The number of nitrogens with zero attached hydrogens (tertiary/aromatic N) is 1. The van der Waals surface area contributed by atoms with Crippen molar-refractivity contribution in [3.8, 4) is 0 Å². The summed E-state index contributed by atoms with van der Waals surface area (Å²) in [6, 6.07) is 0. The Bertz CT molecular complexity index is 599. The highest BCUT2D eigenvalue weighted by Gasteiger charge is 2.12. The van der Waals surface area contributed by atoms with Gasteiger partial charge in [0.05, 0.1) is 45.0 Å². The number of aliphatic hydroxyl groups excluding tert-OH is 3. The Morgan fingerprint density at radius 2 is 1.11 bits per heavy atom. The number of carbonyl (C=O) groups excluding carboxylic acids is 1. The molecule has 0 spiro atoms. The van der Waals surface area contributed by atoms with Crippen LogP contribution in [0.25, 0.3) is 0 Å². The molecule has 0 unspecified atom stereocenters. The van der Waals surface area contributed by atoms with E-state index in [9.17, 15) is 13.2 Å². The highest BCUT2D eigenvalue weighted by molar-refractivity contribution is 7.81. The highest BCUT2D eigenvalue weighted by atomic mass is 32.3. The minimum atomic E-state index is -4.65. The first-order valence-electron chi connectivity index (χ1n) is 13.2. The van der Waals surface area contributed by atoms with Crippen LogP contribution in [0, 0.1) is 0 Å². The molecule has 4 N–H and O–H groups in total. The van der Waals surface area contributed by atoms with Crippen LogP contribution in [-0.2, 0) is 33.9 Å². The van der Waals surface area contributed by atoms with Gasteiger partial charge < -0.3 is 19.5 Å². The van der Waals surface area contributed by atoms with Gasteiger partial charge in [-0.1, -0.05) is 70.4 Å².